The Balaban J connectivity index is 0.000000279. The van der Waals surface area contributed by atoms with Crippen LogP contribution >= 0.6 is 0 Å². The number of morpholine rings is 1. The average Bonchev–Trinajstić information content (AvgIpc) is 3.06. The molecule has 0 aliphatic carbocycles. The number of ether oxygens (including phenoxy) is 1. The third-order valence-corrected chi connectivity index (χ3v) is 4.20. The van der Waals surface area contributed by atoms with Crippen LogP contribution in [0.3, 0.4) is 0 Å². The van der Waals surface area contributed by atoms with E-state index in [1.165, 1.54) is 5.69 Å². The van der Waals surface area contributed by atoms with Crippen LogP contribution in [0, 0.1) is 5.92 Å². The number of carboxylic acid groups (broad SMARTS) is 2. The highest BCUT2D eigenvalue weighted by Gasteiger charge is 2.19. The highest BCUT2D eigenvalue weighted by atomic mass is 16.5. The van der Waals surface area contributed by atoms with Crippen LogP contribution in [0.15, 0.2) is 41.4 Å². The van der Waals surface area contributed by atoms with Gasteiger partial charge in [0.25, 0.3) is 0 Å². The van der Waals surface area contributed by atoms with Crippen molar-refractivity contribution in [3.8, 4) is 0 Å². The number of para-hydroxylation sites is 2. The minimum Gasteiger partial charge on any atom is -0.478 e. The van der Waals surface area contributed by atoms with E-state index >= 15 is 0 Å². The number of carboxylic acids is 2. The van der Waals surface area contributed by atoms with Gasteiger partial charge in [0.2, 0.25) is 0 Å². The highest BCUT2D eigenvalue weighted by molar-refractivity contribution is 6.00. The molecule has 2 aliphatic heterocycles. The van der Waals surface area contributed by atoms with E-state index in [-0.39, 0.29) is 0 Å². The van der Waals surface area contributed by atoms with E-state index in [0.29, 0.717) is 18.1 Å². The zero-order chi connectivity index (χ0) is 19.6. The lowest BCUT2D eigenvalue weighted by molar-refractivity contribution is -0.134. The molecule has 0 spiro atoms. The number of hydrogen-bond donors (Lipinski definition) is 3. The maximum atomic E-state index is 9.55. The van der Waals surface area contributed by atoms with Crippen molar-refractivity contribution in [2.24, 2.45) is 10.9 Å². The molecule has 2 heterocycles. The molecule has 8 nitrogen and oxygen atoms in total. The van der Waals surface area contributed by atoms with Gasteiger partial charge < -0.3 is 25.2 Å². The predicted octanol–water partition coefficient (Wildman–Crippen LogP) is 2.09. The Morgan fingerprint density at radius 3 is 2.37 bits per heavy atom. The molecule has 146 valence electrons. The molecule has 3 N–H and O–H groups in total. The number of aliphatic carboxylic acids is 2. The lowest BCUT2D eigenvalue weighted by Crippen LogP contribution is -2.36. The Hall–Kier alpha value is -2.87. The van der Waals surface area contributed by atoms with Gasteiger partial charge in [0, 0.05) is 37.7 Å². The van der Waals surface area contributed by atoms with E-state index in [4.69, 9.17) is 14.9 Å². The number of carbonyl (C=O) groups is 2. The van der Waals surface area contributed by atoms with Gasteiger partial charge in [-0.1, -0.05) is 19.1 Å². The number of aliphatic imine (C=N–C) groups is 1. The zero-order valence-corrected chi connectivity index (χ0v) is 15.3. The molecule has 1 aromatic rings. The second-order valence-electron chi connectivity index (χ2n) is 6.21. The van der Waals surface area contributed by atoms with Crippen LogP contribution in [0.4, 0.5) is 11.4 Å². The lowest BCUT2D eigenvalue weighted by atomic mass is 10.1. The zero-order valence-electron chi connectivity index (χ0n) is 15.3. The van der Waals surface area contributed by atoms with Gasteiger partial charge in [-0.3, -0.25) is 4.99 Å². The van der Waals surface area contributed by atoms with Crippen molar-refractivity contribution in [1.82, 2.24) is 0 Å². The van der Waals surface area contributed by atoms with Crippen LogP contribution in [0.1, 0.15) is 13.3 Å². The molecular formula is C19H25N3O5. The first-order valence-corrected chi connectivity index (χ1v) is 8.84. The highest BCUT2D eigenvalue weighted by Crippen LogP contribution is 2.28. The van der Waals surface area contributed by atoms with Crippen molar-refractivity contribution in [3.63, 3.8) is 0 Å². The summed E-state index contributed by atoms with van der Waals surface area (Å²) in [6.45, 7) is 6.72. The number of nitrogens with one attached hydrogen (secondary N) is 1. The van der Waals surface area contributed by atoms with Crippen LogP contribution in [0.2, 0.25) is 0 Å². The van der Waals surface area contributed by atoms with E-state index in [1.807, 2.05) is 0 Å². The molecule has 27 heavy (non-hydrogen) atoms. The number of rotatable bonds is 4. The Morgan fingerprint density at radius 1 is 1.19 bits per heavy atom. The number of amidine groups is 1. The third-order valence-electron chi connectivity index (χ3n) is 4.20. The van der Waals surface area contributed by atoms with E-state index in [9.17, 15) is 9.59 Å². The van der Waals surface area contributed by atoms with Crippen molar-refractivity contribution in [2.45, 2.75) is 13.3 Å². The van der Waals surface area contributed by atoms with Gasteiger partial charge in [-0.25, -0.2) is 9.59 Å². The molecule has 2 aliphatic rings. The predicted molar refractivity (Wildman–Crippen MR) is 104 cm³/mol. The van der Waals surface area contributed by atoms with Crippen molar-refractivity contribution in [2.75, 3.05) is 43.1 Å². The fourth-order valence-corrected chi connectivity index (χ4v) is 2.77. The maximum Gasteiger partial charge on any atom is 0.328 e. The van der Waals surface area contributed by atoms with Gasteiger partial charge in [0.05, 0.1) is 24.6 Å². The molecule has 1 atom stereocenters. The Morgan fingerprint density at radius 2 is 1.81 bits per heavy atom. The molecule has 1 unspecified atom stereocenters. The van der Waals surface area contributed by atoms with Crippen molar-refractivity contribution in [1.29, 1.82) is 0 Å². The van der Waals surface area contributed by atoms with Crippen molar-refractivity contribution >= 4 is 29.1 Å². The topological polar surface area (TPSA) is 111 Å². The molecule has 8 heteroatoms. The molecule has 0 radical (unpaired) electrons. The Kier molecular flexibility index (Phi) is 7.81. The van der Waals surface area contributed by atoms with Crippen molar-refractivity contribution in [3.05, 3.63) is 36.4 Å². The standard InChI is InChI=1S/C15H21N3O.C4H4O4/c1-12-6-7-16-15(12)17-13-4-2-3-5-14(13)18-8-10-19-11-9-18;5-3(6)1-2-4(7)8/h2-5,12H,6-11H2,1H3,(H,16,17);1-2H,(H,5,6)(H,7,8)/b;2-1+. The van der Waals surface area contributed by atoms with E-state index < -0.39 is 11.9 Å². The van der Waals surface area contributed by atoms with Gasteiger partial charge >= 0.3 is 11.9 Å². The average molecular weight is 375 g/mol. The molecule has 1 saturated heterocycles. The SMILES string of the molecule is CC1CCN=C1Nc1ccccc1N1CCOCC1.O=C(O)/C=C/C(=O)O. The first-order chi connectivity index (χ1) is 13.0. The summed E-state index contributed by atoms with van der Waals surface area (Å²) in [5, 5.41) is 19.1. The van der Waals surface area contributed by atoms with Gasteiger partial charge in [0.1, 0.15) is 5.84 Å². The first kappa shape index (κ1) is 20.4. The molecular weight excluding hydrogens is 350 g/mol. The summed E-state index contributed by atoms with van der Waals surface area (Å²) < 4.78 is 5.43. The minimum atomic E-state index is -1.26. The van der Waals surface area contributed by atoms with E-state index in [2.05, 4.69) is 46.4 Å². The van der Waals surface area contributed by atoms with Crippen LogP contribution in [0.25, 0.3) is 0 Å². The molecule has 3 rings (SSSR count). The largest absolute Gasteiger partial charge is 0.478 e. The van der Waals surface area contributed by atoms with Crippen LogP contribution < -0.4 is 10.2 Å². The molecule has 1 aromatic carbocycles. The number of anilines is 2. The molecule has 0 aromatic heterocycles. The maximum absolute atomic E-state index is 9.55. The molecule has 0 bridgehead atoms. The fourth-order valence-electron chi connectivity index (χ4n) is 2.77. The Bertz CT molecular complexity index is 695. The molecule has 0 saturated carbocycles. The van der Waals surface area contributed by atoms with Gasteiger partial charge in [0.15, 0.2) is 0 Å². The van der Waals surface area contributed by atoms with Crippen LogP contribution in [-0.2, 0) is 14.3 Å². The number of hydrogen-bond acceptors (Lipinski definition) is 6. The summed E-state index contributed by atoms with van der Waals surface area (Å²) in [4.78, 5) is 26.0. The monoisotopic (exact) mass is 375 g/mol. The summed E-state index contributed by atoms with van der Waals surface area (Å²) in [6, 6.07) is 8.48. The minimum absolute atomic E-state index is 0.540. The normalized spacial score (nSPS) is 19.2. The lowest BCUT2D eigenvalue weighted by Gasteiger charge is -2.30. The summed E-state index contributed by atoms with van der Waals surface area (Å²) >= 11 is 0. The first-order valence-electron chi connectivity index (χ1n) is 8.84. The second-order valence-corrected chi connectivity index (χ2v) is 6.21. The quantitative estimate of drug-likeness (QED) is 0.691. The Labute approximate surface area is 158 Å². The van der Waals surface area contributed by atoms with Crippen LogP contribution in [0.5, 0.6) is 0 Å². The van der Waals surface area contributed by atoms with Crippen molar-refractivity contribution < 1.29 is 24.5 Å². The summed E-state index contributed by atoms with van der Waals surface area (Å²) in [5.41, 5.74) is 2.42. The summed E-state index contributed by atoms with van der Waals surface area (Å²) in [5.74, 6) is -0.849. The van der Waals surface area contributed by atoms with E-state index in [1.54, 1.807) is 0 Å². The molecule has 0 amide bonds. The second kappa shape index (κ2) is 10.3. The van der Waals surface area contributed by atoms with Crippen LogP contribution in [-0.4, -0.2) is 60.8 Å². The van der Waals surface area contributed by atoms with E-state index in [0.717, 1.165) is 50.8 Å². The smallest absolute Gasteiger partial charge is 0.328 e. The number of benzene rings is 1. The third kappa shape index (κ3) is 6.74. The number of nitrogens with zero attached hydrogens (tertiary/aromatic N) is 2. The van der Waals surface area contributed by atoms with Gasteiger partial charge in [-0.2, -0.15) is 0 Å². The molecule has 1 fully saturated rings. The van der Waals surface area contributed by atoms with Gasteiger partial charge in [-0.15, -0.1) is 0 Å². The fraction of sp³-hybridized carbons (Fsp3) is 0.421. The summed E-state index contributed by atoms with van der Waals surface area (Å²) in [7, 11) is 0. The van der Waals surface area contributed by atoms with Gasteiger partial charge in [-0.05, 0) is 18.6 Å². The summed E-state index contributed by atoms with van der Waals surface area (Å²) in [6.07, 6.45) is 2.27.